The molecule has 0 spiro atoms. The van der Waals surface area contributed by atoms with Gasteiger partial charge >= 0.3 is 0 Å². The Bertz CT molecular complexity index is 1110. The van der Waals surface area contributed by atoms with Crippen molar-refractivity contribution in [1.29, 1.82) is 0 Å². The van der Waals surface area contributed by atoms with Crippen molar-refractivity contribution in [3.63, 3.8) is 0 Å². The molecule has 1 heterocycles. The van der Waals surface area contributed by atoms with Gasteiger partial charge in [0.15, 0.2) is 0 Å². The minimum Gasteiger partial charge on any atom is -0.348 e. The van der Waals surface area contributed by atoms with Crippen molar-refractivity contribution in [1.82, 2.24) is 14.9 Å². The standard InChI is InChI=1S/C25H31N3O3S2/c1-3-28(4-2)19-21-9-7-20(8-10-21)18-26-25(29)22-11-13-24(14-12-22)33(30,31)27-16-15-23-6-5-17-32-23/h5-14,17,27H,3-4,15-16,18-19H2,1-2H3,(H,26,29). The first-order valence-corrected chi connectivity index (χ1v) is 13.5. The summed E-state index contributed by atoms with van der Waals surface area (Å²) in [5.41, 5.74) is 2.68. The van der Waals surface area contributed by atoms with Gasteiger partial charge in [-0.15, -0.1) is 11.3 Å². The number of carbonyl (C=O) groups excluding carboxylic acids is 1. The molecule has 176 valence electrons. The molecule has 0 fully saturated rings. The summed E-state index contributed by atoms with van der Waals surface area (Å²) in [4.78, 5) is 16.1. The van der Waals surface area contributed by atoms with Gasteiger partial charge in [0.25, 0.3) is 5.91 Å². The molecule has 0 saturated heterocycles. The van der Waals surface area contributed by atoms with Crippen LogP contribution in [-0.2, 0) is 29.5 Å². The third-order valence-electron chi connectivity index (χ3n) is 5.45. The van der Waals surface area contributed by atoms with E-state index in [1.54, 1.807) is 11.3 Å². The Labute approximate surface area is 200 Å². The second kappa shape index (κ2) is 12.1. The van der Waals surface area contributed by atoms with Crippen LogP contribution in [0.15, 0.2) is 70.9 Å². The molecule has 0 atom stereocenters. The first kappa shape index (κ1) is 25.1. The number of rotatable bonds is 12. The van der Waals surface area contributed by atoms with Crippen molar-refractivity contribution in [2.24, 2.45) is 0 Å². The van der Waals surface area contributed by atoms with Crippen LogP contribution in [0.1, 0.15) is 40.2 Å². The fourth-order valence-corrected chi connectivity index (χ4v) is 5.13. The van der Waals surface area contributed by atoms with Gasteiger partial charge in [-0.1, -0.05) is 44.2 Å². The molecule has 3 rings (SSSR count). The Hall–Kier alpha value is -2.52. The maximum absolute atomic E-state index is 12.5. The van der Waals surface area contributed by atoms with Crippen molar-refractivity contribution < 1.29 is 13.2 Å². The van der Waals surface area contributed by atoms with Gasteiger partial charge < -0.3 is 5.32 Å². The molecule has 0 bridgehead atoms. The van der Waals surface area contributed by atoms with E-state index in [1.165, 1.54) is 29.8 Å². The Morgan fingerprint density at radius 2 is 1.61 bits per heavy atom. The van der Waals surface area contributed by atoms with Crippen molar-refractivity contribution in [3.8, 4) is 0 Å². The molecule has 1 amide bonds. The van der Waals surface area contributed by atoms with E-state index in [0.717, 1.165) is 30.1 Å². The van der Waals surface area contributed by atoms with E-state index in [4.69, 9.17) is 0 Å². The minimum atomic E-state index is -3.61. The molecule has 33 heavy (non-hydrogen) atoms. The van der Waals surface area contributed by atoms with Crippen molar-refractivity contribution in [3.05, 3.63) is 87.6 Å². The van der Waals surface area contributed by atoms with Crippen LogP contribution in [0.5, 0.6) is 0 Å². The van der Waals surface area contributed by atoms with Crippen LogP contribution in [0, 0.1) is 0 Å². The highest BCUT2D eigenvalue weighted by Gasteiger charge is 2.15. The maximum atomic E-state index is 12.5. The largest absolute Gasteiger partial charge is 0.348 e. The zero-order valence-corrected chi connectivity index (χ0v) is 20.7. The van der Waals surface area contributed by atoms with E-state index in [-0.39, 0.29) is 10.8 Å². The number of amides is 1. The number of thiophene rings is 1. The van der Waals surface area contributed by atoms with Crippen molar-refractivity contribution >= 4 is 27.3 Å². The second-order valence-corrected chi connectivity index (χ2v) is 10.5. The van der Waals surface area contributed by atoms with E-state index in [1.807, 2.05) is 29.6 Å². The highest BCUT2D eigenvalue weighted by molar-refractivity contribution is 7.89. The number of hydrogen-bond acceptors (Lipinski definition) is 5. The molecular formula is C25H31N3O3S2. The average molecular weight is 486 g/mol. The smallest absolute Gasteiger partial charge is 0.251 e. The van der Waals surface area contributed by atoms with Crippen LogP contribution in [0.4, 0.5) is 0 Å². The van der Waals surface area contributed by atoms with Gasteiger partial charge in [0.2, 0.25) is 10.0 Å². The lowest BCUT2D eigenvalue weighted by molar-refractivity contribution is 0.0951. The number of carbonyl (C=O) groups is 1. The highest BCUT2D eigenvalue weighted by atomic mass is 32.2. The lowest BCUT2D eigenvalue weighted by Crippen LogP contribution is -2.26. The zero-order valence-electron chi connectivity index (χ0n) is 19.1. The van der Waals surface area contributed by atoms with Gasteiger partial charge in [-0.05, 0) is 66.3 Å². The first-order valence-electron chi connectivity index (χ1n) is 11.1. The first-order chi connectivity index (χ1) is 15.9. The van der Waals surface area contributed by atoms with E-state index >= 15 is 0 Å². The molecule has 0 radical (unpaired) electrons. The summed E-state index contributed by atoms with van der Waals surface area (Å²) in [5, 5.41) is 4.86. The summed E-state index contributed by atoms with van der Waals surface area (Å²) >= 11 is 1.60. The van der Waals surface area contributed by atoms with Gasteiger partial charge in [0.05, 0.1) is 4.90 Å². The van der Waals surface area contributed by atoms with E-state index in [2.05, 4.69) is 40.9 Å². The Balaban J connectivity index is 1.50. The molecule has 2 aromatic carbocycles. The van der Waals surface area contributed by atoms with E-state index in [0.29, 0.717) is 25.1 Å². The van der Waals surface area contributed by atoms with Gasteiger partial charge in [-0.3, -0.25) is 9.69 Å². The predicted octanol–water partition coefficient (Wildman–Crippen LogP) is 4.04. The van der Waals surface area contributed by atoms with Crippen molar-refractivity contribution in [2.75, 3.05) is 19.6 Å². The lowest BCUT2D eigenvalue weighted by atomic mass is 10.1. The van der Waals surface area contributed by atoms with Crippen LogP contribution in [0.2, 0.25) is 0 Å². The van der Waals surface area contributed by atoms with Gasteiger partial charge in [0.1, 0.15) is 0 Å². The Morgan fingerprint density at radius 3 is 2.21 bits per heavy atom. The number of hydrogen-bond donors (Lipinski definition) is 2. The summed E-state index contributed by atoms with van der Waals surface area (Å²) in [7, 11) is -3.61. The molecule has 0 unspecified atom stereocenters. The van der Waals surface area contributed by atoms with Gasteiger partial charge in [-0.25, -0.2) is 13.1 Å². The molecular weight excluding hydrogens is 454 g/mol. The molecule has 0 saturated carbocycles. The quantitative estimate of drug-likeness (QED) is 0.406. The summed E-state index contributed by atoms with van der Waals surface area (Å²) < 4.78 is 27.6. The SMILES string of the molecule is CCN(CC)Cc1ccc(CNC(=O)c2ccc(S(=O)(=O)NCCc3cccs3)cc2)cc1. The van der Waals surface area contributed by atoms with Crippen LogP contribution in [0.3, 0.4) is 0 Å². The fourth-order valence-electron chi connectivity index (χ4n) is 3.38. The van der Waals surface area contributed by atoms with Crippen LogP contribution in [0.25, 0.3) is 0 Å². The maximum Gasteiger partial charge on any atom is 0.251 e. The van der Waals surface area contributed by atoms with Crippen LogP contribution >= 0.6 is 11.3 Å². The lowest BCUT2D eigenvalue weighted by Gasteiger charge is -2.18. The Kier molecular flexibility index (Phi) is 9.20. The molecule has 0 aliphatic carbocycles. The zero-order chi connectivity index (χ0) is 23.7. The predicted molar refractivity (Wildman–Crippen MR) is 134 cm³/mol. The van der Waals surface area contributed by atoms with Gasteiger partial charge in [0, 0.05) is 30.1 Å². The van der Waals surface area contributed by atoms with Gasteiger partial charge in [-0.2, -0.15) is 0 Å². The van der Waals surface area contributed by atoms with E-state index in [9.17, 15) is 13.2 Å². The summed E-state index contributed by atoms with van der Waals surface area (Å²) in [5.74, 6) is -0.239. The summed E-state index contributed by atoms with van der Waals surface area (Å²) in [6, 6.07) is 18.2. The monoisotopic (exact) mass is 485 g/mol. The third kappa shape index (κ3) is 7.50. The number of nitrogens with one attached hydrogen (secondary N) is 2. The van der Waals surface area contributed by atoms with E-state index < -0.39 is 10.0 Å². The summed E-state index contributed by atoms with van der Waals surface area (Å²) in [6.07, 6.45) is 0.647. The topological polar surface area (TPSA) is 78.5 Å². The molecule has 0 aliphatic rings. The minimum absolute atomic E-state index is 0.147. The number of nitrogens with zero attached hydrogens (tertiary/aromatic N) is 1. The second-order valence-electron chi connectivity index (χ2n) is 7.71. The fraction of sp³-hybridized carbons (Fsp3) is 0.320. The average Bonchev–Trinajstić information content (AvgIpc) is 3.35. The molecule has 3 aromatic rings. The highest BCUT2D eigenvalue weighted by Crippen LogP contribution is 2.13. The Morgan fingerprint density at radius 1 is 0.939 bits per heavy atom. The third-order valence-corrected chi connectivity index (χ3v) is 7.86. The van der Waals surface area contributed by atoms with Crippen LogP contribution < -0.4 is 10.0 Å². The molecule has 1 aromatic heterocycles. The molecule has 8 heteroatoms. The number of benzene rings is 2. The molecule has 2 N–H and O–H groups in total. The van der Waals surface area contributed by atoms with Crippen LogP contribution in [-0.4, -0.2) is 38.9 Å². The molecule has 6 nitrogen and oxygen atoms in total. The molecule has 0 aliphatic heterocycles. The summed E-state index contributed by atoms with van der Waals surface area (Å²) in [6.45, 7) is 7.99. The number of sulfonamides is 1. The van der Waals surface area contributed by atoms with Crippen molar-refractivity contribution in [2.45, 2.75) is 38.3 Å². The normalized spacial score (nSPS) is 11.6.